The lowest BCUT2D eigenvalue weighted by Gasteiger charge is -2.38. The zero-order valence-corrected chi connectivity index (χ0v) is 17.1. The van der Waals surface area contributed by atoms with Crippen LogP contribution in [0.4, 0.5) is 5.82 Å². The van der Waals surface area contributed by atoms with Crippen LogP contribution in [0.15, 0.2) is 41.8 Å². The van der Waals surface area contributed by atoms with Crippen molar-refractivity contribution in [2.24, 2.45) is 0 Å². The van der Waals surface area contributed by atoms with Crippen molar-refractivity contribution in [1.82, 2.24) is 14.9 Å². The fourth-order valence-corrected chi connectivity index (χ4v) is 6.60. The van der Waals surface area contributed by atoms with E-state index >= 15 is 0 Å². The van der Waals surface area contributed by atoms with Crippen molar-refractivity contribution in [2.75, 3.05) is 42.6 Å². The van der Waals surface area contributed by atoms with E-state index in [4.69, 9.17) is 9.97 Å². The molecule has 5 rings (SSSR count). The molecule has 0 spiro atoms. The van der Waals surface area contributed by atoms with E-state index in [0.29, 0.717) is 11.5 Å². The van der Waals surface area contributed by atoms with Gasteiger partial charge in [0.2, 0.25) is 0 Å². The van der Waals surface area contributed by atoms with Crippen LogP contribution in [0, 0.1) is 0 Å². The molecule has 8 heteroatoms. The molecule has 3 aromatic rings. The third-order valence-electron chi connectivity index (χ3n) is 5.66. The van der Waals surface area contributed by atoms with Crippen LogP contribution in [0.2, 0.25) is 0 Å². The van der Waals surface area contributed by atoms with Gasteiger partial charge in [0.15, 0.2) is 15.7 Å². The SMILES string of the molecule is O=S1(=O)CCC(N2CCN(c3nc(-c4cccs4)nc4ccccc34)CC2)C1. The van der Waals surface area contributed by atoms with Crippen LogP contribution < -0.4 is 4.90 Å². The van der Waals surface area contributed by atoms with Crippen LogP contribution in [-0.4, -0.2) is 67.0 Å². The van der Waals surface area contributed by atoms with Crippen LogP contribution in [0.5, 0.6) is 0 Å². The van der Waals surface area contributed by atoms with Gasteiger partial charge >= 0.3 is 0 Å². The van der Waals surface area contributed by atoms with E-state index in [-0.39, 0.29) is 6.04 Å². The Balaban J connectivity index is 1.42. The van der Waals surface area contributed by atoms with Gasteiger partial charge in [-0.3, -0.25) is 4.90 Å². The van der Waals surface area contributed by atoms with Gasteiger partial charge in [0, 0.05) is 37.6 Å². The summed E-state index contributed by atoms with van der Waals surface area (Å²) < 4.78 is 23.6. The number of anilines is 1. The Morgan fingerprint density at radius 1 is 1.00 bits per heavy atom. The Kier molecular flexibility index (Phi) is 4.57. The first-order valence-electron chi connectivity index (χ1n) is 9.59. The summed E-state index contributed by atoms with van der Waals surface area (Å²) in [6.45, 7) is 3.43. The second kappa shape index (κ2) is 7.09. The molecule has 146 valence electrons. The molecule has 2 fully saturated rings. The largest absolute Gasteiger partial charge is 0.353 e. The maximum absolute atomic E-state index is 11.8. The lowest BCUT2D eigenvalue weighted by atomic mass is 10.1. The van der Waals surface area contributed by atoms with Crippen molar-refractivity contribution in [3.63, 3.8) is 0 Å². The molecule has 0 radical (unpaired) electrons. The van der Waals surface area contributed by atoms with Crippen molar-refractivity contribution < 1.29 is 8.42 Å². The Hall–Kier alpha value is -2.03. The van der Waals surface area contributed by atoms with Gasteiger partial charge in [-0.2, -0.15) is 0 Å². The predicted molar refractivity (Wildman–Crippen MR) is 114 cm³/mol. The summed E-state index contributed by atoms with van der Waals surface area (Å²) in [7, 11) is -2.84. The van der Waals surface area contributed by atoms with Crippen LogP contribution in [0.1, 0.15) is 6.42 Å². The number of hydrogen-bond acceptors (Lipinski definition) is 7. The first-order chi connectivity index (χ1) is 13.6. The number of para-hydroxylation sites is 1. The molecule has 4 heterocycles. The molecule has 1 aromatic carbocycles. The minimum atomic E-state index is -2.84. The number of rotatable bonds is 3. The zero-order chi connectivity index (χ0) is 19.1. The highest BCUT2D eigenvalue weighted by Crippen LogP contribution is 2.30. The molecule has 28 heavy (non-hydrogen) atoms. The van der Waals surface area contributed by atoms with E-state index in [0.717, 1.165) is 60.0 Å². The lowest BCUT2D eigenvalue weighted by Crippen LogP contribution is -2.51. The normalized spacial score (nSPS) is 22.7. The van der Waals surface area contributed by atoms with Crippen molar-refractivity contribution in [3.05, 3.63) is 41.8 Å². The molecule has 0 N–H and O–H groups in total. The molecular weight excluding hydrogens is 392 g/mol. The van der Waals surface area contributed by atoms with Gasteiger partial charge in [-0.05, 0) is 30.0 Å². The van der Waals surface area contributed by atoms with E-state index in [2.05, 4.69) is 21.9 Å². The lowest BCUT2D eigenvalue weighted by molar-refractivity contribution is 0.200. The highest BCUT2D eigenvalue weighted by atomic mass is 32.2. The van der Waals surface area contributed by atoms with Gasteiger partial charge in [0.1, 0.15) is 5.82 Å². The molecule has 2 aromatic heterocycles. The number of piperazine rings is 1. The molecule has 0 bridgehead atoms. The van der Waals surface area contributed by atoms with Crippen LogP contribution >= 0.6 is 11.3 Å². The number of sulfone groups is 1. The maximum Gasteiger partial charge on any atom is 0.172 e. The Labute approximate surface area is 168 Å². The molecule has 2 aliphatic rings. The zero-order valence-electron chi connectivity index (χ0n) is 15.5. The third-order valence-corrected chi connectivity index (χ3v) is 8.28. The monoisotopic (exact) mass is 414 g/mol. The Bertz CT molecular complexity index is 1090. The van der Waals surface area contributed by atoms with Gasteiger partial charge in [0.05, 0.1) is 21.9 Å². The molecule has 2 aliphatic heterocycles. The van der Waals surface area contributed by atoms with Crippen LogP contribution in [0.25, 0.3) is 21.6 Å². The second-order valence-corrected chi connectivity index (χ2v) is 10.6. The summed E-state index contributed by atoms with van der Waals surface area (Å²) in [4.78, 5) is 15.4. The molecular formula is C20H22N4O2S2. The van der Waals surface area contributed by atoms with Crippen LogP contribution in [0.3, 0.4) is 0 Å². The predicted octanol–water partition coefficient (Wildman–Crippen LogP) is 2.67. The summed E-state index contributed by atoms with van der Waals surface area (Å²) >= 11 is 1.65. The van der Waals surface area contributed by atoms with E-state index in [1.54, 1.807) is 11.3 Å². The van der Waals surface area contributed by atoms with Gasteiger partial charge in [-0.15, -0.1) is 11.3 Å². The first-order valence-corrected chi connectivity index (χ1v) is 12.3. The van der Waals surface area contributed by atoms with E-state index in [1.807, 2.05) is 29.6 Å². The minimum absolute atomic E-state index is 0.177. The number of benzene rings is 1. The molecule has 0 amide bonds. The first kappa shape index (κ1) is 18.0. The fraction of sp³-hybridized carbons (Fsp3) is 0.400. The molecule has 0 saturated carbocycles. The smallest absolute Gasteiger partial charge is 0.172 e. The van der Waals surface area contributed by atoms with E-state index in [9.17, 15) is 8.42 Å². The average molecular weight is 415 g/mol. The molecule has 1 unspecified atom stereocenters. The highest BCUT2D eigenvalue weighted by molar-refractivity contribution is 7.91. The summed E-state index contributed by atoms with van der Waals surface area (Å²) in [6, 6.07) is 12.4. The second-order valence-electron chi connectivity index (χ2n) is 7.45. The van der Waals surface area contributed by atoms with Crippen molar-refractivity contribution in [1.29, 1.82) is 0 Å². The number of aromatic nitrogens is 2. The number of fused-ring (bicyclic) bond motifs is 1. The quantitative estimate of drug-likeness (QED) is 0.657. The van der Waals surface area contributed by atoms with Crippen molar-refractivity contribution in [3.8, 4) is 10.7 Å². The van der Waals surface area contributed by atoms with Gasteiger partial charge < -0.3 is 4.90 Å². The van der Waals surface area contributed by atoms with Gasteiger partial charge in [-0.1, -0.05) is 18.2 Å². The average Bonchev–Trinajstić information content (AvgIpc) is 3.37. The maximum atomic E-state index is 11.8. The Morgan fingerprint density at radius 3 is 2.54 bits per heavy atom. The van der Waals surface area contributed by atoms with E-state index < -0.39 is 9.84 Å². The highest BCUT2D eigenvalue weighted by Gasteiger charge is 2.34. The molecule has 6 nitrogen and oxygen atoms in total. The third kappa shape index (κ3) is 3.40. The fourth-order valence-electron chi connectivity index (χ4n) is 4.18. The number of thiophene rings is 1. The van der Waals surface area contributed by atoms with Crippen LogP contribution in [-0.2, 0) is 9.84 Å². The number of nitrogens with zero attached hydrogens (tertiary/aromatic N) is 4. The van der Waals surface area contributed by atoms with E-state index in [1.165, 1.54) is 0 Å². The Morgan fingerprint density at radius 2 is 1.82 bits per heavy atom. The van der Waals surface area contributed by atoms with Crippen molar-refractivity contribution in [2.45, 2.75) is 12.5 Å². The molecule has 0 aliphatic carbocycles. The van der Waals surface area contributed by atoms with Gasteiger partial charge in [-0.25, -0.2) is 18.4 Å². The topological polar surface area (TPSA) is 66.4 Å². The number of hydrogen-bond donors (Lipinski definition) is 0. The summed E-state index contributed by atoms with van der Waals surface area (Å²) in [5.74, 6) is 2.39. The summed E-state index contributed by atoms with van der Waals surface area (Å²) in [6.07, 6.45) is 0.765. The summed E-state index contributed by atoms with van der Waals surface area (Å²) in [5.41, 5.74) is 0.959. The van der Waals surface area contributed by atoms with Crippen molar-refractivity contribution >= 4 is 37.9 Å². The molecule has 1 atom stereocenters. The molecule has 2 saturated heterocycles. The minimum Gasteiger partial charge on any atom is -0.353 e. The van der Waals surface area contributed by atoms with Gasteiger partial charge in [0.25, 0.3) is 0 Å². The summed E-state index contributed by atoms with van der Waals surface area (Å²) in [5, 5.41) is 3.11. The standard InChI is InChI=1S/C20H22N4O2S2/c25-28(26)13-7-15(14-28)23-8-10-24(11-9-23)20-16-4-1-2-5-17(16)21-19(22-20)18-6-3-12-27-18/h1-6,12,15H,7-11,13-14H2.